The molecule has 0 bridgehead atoms. The van der Waals surface area contributed by atoms with E-state index >= 15 is 0 Å². The second-order valence-electron chi connectivity index (χ2n) is 5.21. The SMILES string of the molecule is CCC(C)NS(=O)(=O)c1cccc(NC(=O)CCCNC)c1.Cl. The summed E-state index contributed by atoms with van der Waals surface area (Å²) in [6, 6.07) is 6.15. The molecule has 0 saturated heterocycles. The van der Waals surface area contributed by atoms with Gasteiger partial charge in [0.1, 0.15) is 0 Å². The summed E-state index contributed by atoms with van der Waals surface area (Å²) in [7, 11) is -1.73. The summed E-state index contributed by atoms with van der Waals surface area (Å²) in [4.78, 5) is 11.9. The van der Waals surface area contributed by atoms with E-state index in [-0.39, 0.29) is 29.3 Å². The number of halogens is 1. The minimum atomic E-state index is -3.56. The lowest BCUT2D eigenvalue weighted by Crippen LogP contribution is -2.32. The van der Waals surface area contributed by atoms with Crippen LogP contribution in [0.3, 0.4) is 0 Å². The fraction of sp³-hybridized carbons (Fsp3) is 0.533. The highest BCUT2D eigenvalue weighted by Crippen LogP contribution is 2.16. The van der Waals surface area contributed by atoms with Crippen molar-refractivity contribution in [1.29, 1.82) is 0 Å². The number of carbonyl (C=O) groups excluding carboxylic acids is 1. The molecule has 0 spiro atoms. The first-order valence-electron chi connectivity index (χ1n) is 7.46. The molecule has 8 heteroatoms. The van der Waals surface area contributed by atoms with Gasteiger partial charge in [0.05, 0.1) is 4.90 Å². The summed E-state index contributed by atoms with van der Waals surface area (Å²) in [6.45, 7) is 4.49. The molecule has 0 fully saturated rings. The molecule has 0 heterocycles. The Labute approximate surface area is 144 Å². The number of benzene rings is 1. The quantitative estimate of drug-likeness (QED) is 0.586. The van der Waals surface area contributed by atoms with Crippen molar-refractivity contribution in [3.05, 3.63) is 24.3 Å². The Balaban J connectivity index is 0.00000484. The van der Waals surface area contributed by atoms with E-state index in [1.807, 2.05) is 20.9 Å². The zero-order valence-corrected chi connectivity index (χ0v) is 15.4. The Kier molecular flexibility index (Phi) is 10.1. The molecule has 6 nitrogen and oxygen atoms in total. The number of rotatable bonds is 9. The molecular weight excluding hydrogens is 338 g/mol. The van der Waals surface area contributed by atoms with E-state index in [2.05, 4.69) is 15.4 Å². The molecule has 23 heavy (non-hydrogen) atoms. The molecule has 132 valence electrons. The second kappa shape index (κ2) is 10.6. The second-order valence-corrected chi connectivity index (χ2v) is 6.93. The summed E-state index contributed by atoms with van der Waals surface area (Å²) in [5.74, 6) is -0.125. The van der Waals surface area contributed by atoms with Crippen LogP contribution in [0.25, 0.3) is 0 Å². The summed E-state index contributed by atoms with van der Waals surface area (Å²) >= 11 is 0. The van der Waals surface area contributed by atoms with E-state index < -0.39 is 10.0 Å². The van der Waals surface area contributed by atoms with Gasteiger partial charge in [-0.1, -0.05) is 13.0 Å². The van der Waals surface area contributed by atoms with Crippen LogP contribution in [-0.4, -0.2) is 34.0 Å². The Morgan fingerprint density at radius 3 is 2.61 bits per heavy atom. The molecule has 1 aromatic rings. The summed E-state index contributed by atoms with van der Waals surface area (Å²) < 4.78 is 27.0. The highest BCUT2D eigenvalue weighted by Gasteiger charge is 2.17. The van der Waals surface area contributed by atoms with E-state index in [0.717, 1.165) is 13.0 Å². The minimum Gasteiger partial charge on any atom is -0.326 e. The van der Waals surface area contributed by atoms with Crippen molar-refractivity contribution in [2.45, 2.75) is 44.0 Å². The first-order valence-corrected chi connectivity index (χ1v) is 8.94. The molecule has 1 amide bonds. The number of carbonyl (C=O) groups is 1. The molecule has 0 aromatic heterocycles. The Morgan fingerprint density at radius 1 is 1.30 bits per heavy atom. The standard InChI is InChI=1S/C15H25N3O3S.ClH/c1-4-12(2)18-22(20,21)14-8-5-7-13(11-14)17-15(19)9-6-10-16-3;/h5,7-8,11-12,16,18H,4,6,9-10H2,1-3H3,(H,17,19);1H. The van der Waals surface area contributed by atoms with Crippen LogP contribution in [-0.2, 0) is 14.8 Å². The van der Waals surface area contributed by atoms with Gasteiger partial charge >= 0.3 is 0 Å². The van der Waals surface area contributed by atoms with Crippen LogP contribution in [0.5, 0.6) is 0 Å². The van der Waals surface area contributed by atoms with Gasteiger partial charge in [0.25, 0.3) is 0 Å². The Bertz CT molecular complexity index is 593. The van der Waals surface area contributed by atoms with Crippen molar-refractivity contribution >= 4 is 34.0 Å². The predicted octanol–water partition coefficient (Wildman–Crippen LogP) is 2.12. The minimum absolute atomic E-state index is 0. The first kappa shape index (κ1) is 21.9. The number of hydrogen-bond donors (Lipinski definition) is 3. The molecule has 0 radical (unpaired) electrons. The van der Waals surface area contributed by atoms with Crippen LogP contribution in [0, 0.1) is 0 Å². The van der Waals surface area contributed by atoms with Gasteiger partial charge < -0.3 is 10.6 Å². The zero-order chi connectivity index (χ0) is 16.6. The zero-order valence-electron chi connectivity index (χ0n) is 13.8. The molecule has 0 aliphatic carbocycles. The van der Waals surface area contributed by atoms with Gasteiger partial charge in [-0.2, -0.15) is 0 Å². The third kappa shape index (κ3) is 7.78. The molecule has 1 atom stereocenters. The van der Waals surface area contributed by atoms with Crippen LogP contribution >= 0.6 is 12.4 Å². The molecule has 1 aromatic carbocycles. The van der Waals surface area contributed by atoms with Gasteiger partial charge in [0.15, 0.2) is 0 Å². The van der Waals surface area contributed by atoms with Gasteiger partial charge in [-0.25, -0.2) is 13.1 Å². The monoisotopic (exact) mass is 363 g/mol. The van der Waals surface area contributed by atoms with E-state index in [1.54, 1.807) is 12.1 Å². The molecule has 0 aliphatic rings. The summed E-state index contributed by atoms with van der Waals surface area (Å²) in [5.41, 5.74) is 0.487. The lowest BCUT2D eigenvalue weighted by atomic mass is 10.2. The fourth-order valence-corrected chi connectivity index (χ4v) is 3.18. The fourth-order valence-electron chi connectivity index (χ4n) is 1.81. The highest BCUT2D eigenvalue weighted by atomic mass is 35.5. The van der Waals surface area contributed by atoms with Crippen LogP contribution in [0.4, 0.5) is 5.69 Å². The molecular formula is C15H26ClN3O3S. The van der Waals surface area contributed by atoms with E-state index in [1.165, 1.54) is 12.1 Å². The van der Waals surface area contributed by atoms with E-state index in [0.29, 0.717) is 18.5 Å². The highest BCUT2D eigenvalue weighted by molar-refractivity contribution is 7.89. The smallest absolute Gasteiger partial charge is 0.240 e. The van der Waals surface area contributed by atoms with Gasteiger partial charge in [-0.3, -0.25) is 4.79 Å². The van der Waals surface area contributed by atoms with Crippen LogP contribution in [0.1, 0.15) is 33.1 Å². The van der Waals surface area contributed by atoms with E-state index in [4.69, 9.17) is 0 Å². The van der Waals surface area contributed by atoms with Gasteiger partial charge in [-0.05, 0) is 51.6 Å². The maximum absolute atomic E-state index is 12.2. The maximum atomic E-state index is 12.2. The molecule has 1 rings (SSSR count). The average molecular weight is 364 g/mol. The Hall–Kier alpha value is -1.15. The summed E-state index contributed by atoms with van der Waals surface area (Å²) in [5, 5.41) is 5.69. The lowest BCUT2D eigenvalue weighted by molar-refractivity contribution is -0.116. The predicted molar refractivity (Wildman–Crippen MR) is 95.6 cm³/mol. The summed E-state index contributed by atoms with van der Waals surface area (Å²) in [6.07, 6.45) is 1.83. The average Bonchev–Trinajstić information content (AvgIpc) is 2.47. The van der Waals surface area contributed by atoms with Crippen molar-refractivity contribution in [3.8, 4) is 0 Å². The number of hydrogen-bond acceptors (Lipinski definition) is 4. The first-order chi connectivity index (χ1) is 10.4. The van der Waals surface area contributed by atoms with Gasteiger partial charge in [0, 0.05) is 18.2 Å². The van der Waals surface area contributed by atoms with Crippen LogP contribution in [0.15, 0.2) is 29.2 Å². The van der Waals surface area contributed by atoms with Crippen molar-refractivity contribution in [1.82, 2.24) is 10.0 Å². The van der Waals surface area contributed by atoms with Gasteiger partial charge in [-0.15, -0.1) is 12.4 Å². The third-order valence-electron chi connectivity index (χ3n) is 3.23. The topological polar surface area (TPSA) is 87.3 Å². The van der Waals surface area contributed by atoms with E-state index in [9.17, 15) is 13.2 Å². The third-order valence-corrected chi connectivity index (χ3v) is 4.81. The number of amides is 1. The molecule has 3 N–H and O–H groups in total. The van der Waals surface area contributed by atoms with Crippen molar-refractivity contribution in [2.75, 3.05) is 18.9 Å². The molecule has 0 saturated carbocycles. The Morgan fingerprint density at radius 2 is 2.00 bits per heavy atom. The van der Waals surface area contributed by atoms with Crippen molar-refractivity contribution < 1.29 is 13.2 Å². The van der Waals surface area contributed by atoms with Crippen molar-refractivity contribution in [2.24, 2.45) is 0 Å². The largest absolute Gasteiger partial charge is 0.326 e. The van der Waals surface area contributed by atoms with Crippen molar-refractivity contribution in [3.63, 3.8) is 0 Å². The molecule has 1 unspecified atom stereocenters. The maximum Gasteiger partial charge on any atom is 0.240 e. The normalized spacial score (nSPS) is 12.3. The van der Waals surface area contributed by atoms with Crippen LogP contribution < -0.4 is 15.4 Å². The molecule has 0 aliphatic heterocycles. The van der Waals surface area contributed by atoms with Crippen LogP contribution in [0.2, 0.25) is 0 Å². The number of anilines is 1. The number of nitrogens with one attached hydrogen (secondary N) is 3. The lowest BCUT2D eigenvalue weighted by Gasteiger charge is -2.13. The van der Waals surface area contributed by atoms with Gasteiger partial charge in [0.2, 0.25) is 15.9 Å². The number of sulfonamides is 1.